The molecule has 0 saturated carbocycles. The molecule has 1 atom stereocenters. The standard InChI is InChI=1S/C20H29N3O3/c1-16(2)14-22-8-10-23(11-9-22)15-18(20(25)26)12-19(24)21-13-17-6-4-3-5-7-17/h3-7,18H,1,8-15H2,2H3,(H,21,24)(H,25,26). The Kier molecular flexibility index (Phi) is 7.81. The largest absolute Gasteiger partial charge is 0.481 e. The zero-order valence-electron chi connectivity index (χ0n) is 15.5. The van der Waals surface area contributed by atoms with Crippen molar-refractivity contribution in [2.75, 3.05) is 39.3 Å². The van der Waals surface area contributed by atoms with E-state index in [1.54, 1.807) is 0 Å². The van der Waals surface area contributed by atoms with Crippen LogP contribution in [0, 0.1) is 5.92 Å². The van der Waals surface area contributed by atoms with E-state index < -0.39 is 11.9 Å². The first-order valence-corrected chi connectivity index (χ1v) is 9.06. The lowest BCUT2D eigenvalue weighted by Crippen LogP contribution is -2.49. The molecule has 1 heterocycles. The van der Waals surface area contributed by atoms with Crippen molar-refractivity contribution in [3.05, 3.63) is 48.0 Å². The van der Waals surface area contributed by atoms with Crippen molar-refractivity contribution in [1.29, 1.82) is 0 Å². The molecule has 0 radical (unpaired) electrons. The van der Waals surface area contributed by atoms with Gasteiger partial charge >= 0.3 is 5.97 Å². The Hall–Kier alpha value is -2.18. The van der Waals surface area contributed by atoms with Gasteiger partial charge in [-0.3, -0.25) is 19.4 Å². The molecule has 1 amide bonds. The van der Waals surface area contributed by atoms with E-state index in [4.69, 9.17) is 0 Å². The van der Waals surface area contributed by atoms with Crippen LogP contribution in [0.5, 0.6) is 0 Å². The summed E-state index contributed by atoms with van der Waals surface area (Å²) in [5.41, 5.74) is 2.14. The highest BCUT2D eigenvalue weighted by molar-refractivity contribution is 5.82. The Labute approximate surface area is 155 Å². The average Bonchev–Trinajstić information content (AvgIpc) is 2.61. The van der Waals surface area contributed by atoms with Gasteiger partial charge in [0.25, 0.3) is 0 Å². The Morgan fingerprint density at radius 3 is 2.35 bits per heavy atom. The molecule has 2 rings (SSSR count). The first kappa shape index (κ1) is 20.1. The molecule has 1 aliphatic heterocycles. The van der Waals surface area contributed by atoms with Gasteiger partial charge < -0.3 is 10.4 Å². The maximum atomic E-state index is 12.1. The SMILES string of the molecule is C=C(C)CN1CCN(CC(CC(=O)NCc2ccccc2)C(=O)O)CC1. The van der Waals surface area contributed by atoms with Crippen LogP contribution in [-0.4, -0.2) is 66.1 Å². The van der Waals surface area contributed by atoms with Crippen LogP contribution in [0.1, 0.15) is 18.9 Å². The minimum Gasteiger partial charge on any atom is -0.481 e. The number of piperazine rings is 1. The summed E-state index contributed by atoms with van der Waals surface area (Å²) in [5.74, 6) is -1.81. The average molecular weight is 359 g/mol. The molecule has 1 aromatic rings. The van der Waals surface area contributed by atoms with E-state index in [0.29, 0.717) is 13.1 Å². The number of carboxylic acids is 1. The third kappa shape index (κ3) is 6.98. The van der Waals surface area contributed by atoms with Gasteiger partial charge in [0, 0.05) is 52.2 Å². The zero-order chi connectivity index (χ0) is 18.9. The number of amides is 1. The second-order valence-corrected chi connectivity index (χ2v) is 7.04. The molecule has 142 valence electrons. The maximum Gasteiger partial charge on any atom is 0.308 e. The van der Waals surface area contributed by atoms with Crippen LogP contribution < -0.4 is 5.32 Å². The quantitative estimate of drug-likeness (QED) is 0.655. The number of rotatable bonds is 9. The molecule has 2 N–H and O–H groups in total. The predicted octanol–water partition coefficient (Wildman–Crippen LogP) is 1.59. The van der Waals surface area contributed by atoms with Crippen molar-refractivity contribution >= 4 is 11.9 Å². The number of nitrogens with zero attached hydrogens (tertiary/aromatic N) is 2. The highest BCUT2D eigenvalue weighted by Crippen LogP contribution is 2.11. The van der Waals surface area contributed by atoms with Crippen molar-refractivity contribution in [2.24, 2.45) is 5.92 Å². The molecule has 1 unspecified atom stereocenters. The smallest absolute Gasteiger partial charge is 0.308 e. The minimum atomic E-state index is -0.913. The van der Waals surface area contributed by atoms with Gasteiger partial charge in [-0.05, 0) is 12.5 Å². The number of hydrogen-bond acceptors (Lipinski definition) is 4. The number of carboxylic acid groups (broad SMARTS) is 1. The zero-order valence-corrected chi connectivity index (χ0v) is 15.5. The van der Waals surface area contributed by atoms with E-state index in [1.165, 1.54) is 0 Å². The molecule has 0 aliphatic carbocycles. The summed E-state index contributed by atoms with van der Waals surface area (Å²) in [7, 11) is 0. The van der Waals surface area contributed by atoms with Gasteiger partial charge in [-0.25, -0.2) is 0 Å². The predicted molar refractivity (Wildman–Crippen MR) is 102 cm³/mol. The van der Waals surface area contributed by atoms with Gasteiger partial charge in [0.05, 0.1) is 5.92 Å². The van der Waals surface area contributed by atoms with Gasteiger partial charge in [0.15, 0.2) is 0 Å². The van der Waals surface area contributed by atoms with Crippen LogP contribution in [0.25, 0.3) is 0 Å². The molecule has 0 bridgehead atoms. The number of carbonyl (C=O) groups is 2. The second-order valence-electron chi connectivity index (χ2n) is 7.04. The van der Waals surface area contributed by atoms with Crippen molar-refractivity contribution < 1.29 is 14.7 Å². The molecular formula is C20H29N3O3. The topological polar surface area (TPSA) is 72.9 Å². The highest BCUT2D eigenvalue weighted by Gasteiger charge is 2.26. The summed E-state index contributed by atoms with van der Waals surface area (Å²) in [6.07, 6.45) is 0.00808. The van der Waals surface area contributed by atoms with E-state index in [0.717, 1.165) is 43.9 Å². The second kappa shape index (κ2) is 10.1. The molecule has 1 saturated heterocycles. The van der Waals surface area contributed by atoms with Crippen LogP contribution in [-0.2, 0) is 16.1 Å². The highest BCUT2D eigenvalue weighted by atomic mass is 16.4. The van der Waals surface area contributed by atoms with Crippen LogP contribution >= 0.6 is 0 Å². The Balaban J connectivity index is 1.77. The lowest BCUT2D eigenvalue weighted by atomic mass is 10.0. The van der Waals surface area contributed by atoms with Crippen molar-refractivity contribution in [3.8, 4) is 0 Å². The van der Waals surface area contributed by atoms with Crippen molar-refractivity contribution in [2.45, 2.75) is 19.9 Å². The molecule has 0 aromatic heterocycles. The van der Waals surface area contributed by atoms with E-state index in [-0.39, 0.29) is 12.3 Å². The Morgan fingerprint density at radius 2 is 1.77 bits per heavy atom. The third-order valence-electron chi connectivity index (χ3n) is 4.55. The molecule has 26 heavy (non-hydrogen) atoms. The van der Waals surface area contributed by atoms with E-state index in [1.807, 2.05) is 37.3 Å². The van der Waals surface area contributed by atoms with Gasteiger partial charge in [0.2, 0.25) is 5.91 Å². The van der Waals surface area contributed by atoms with Gasteiger partial charge in [-0.1, -0.05) is 42.5 Å². The van der Waals surface area contributed by atoms with Crippen LogP contribution in [0.3, 0.4) is 0 Å². The van der Waals surface area contributed by atoms with Crippen LogP contribution in [0.15, 0.2) is 42.5 Å². The fourth-order valence-electron chi connectivity index (χ4n) is 3.15. The lowest BCUT2D eigenvalue weighted by molar-refractivity contribution is -0.145. The summed E-state index contributed by atoms with van der Waals surface area (Å²) in [6.45, 7) is 11.1. The van der Waals surface area contributed by atoms with E-state index in [2.05, 4.69) is 21.7 Å². The van der Waals surface area contributed by atoms with Crippen molar-refractivity contribution in [1.82, 2.24) is 15.1 Å². The molecule has 6 nitrogen and oxygen atoms in total. The van der Waals surface area contributed by atoms with Crippen LogP contribution in [0.2, 0.25) is 0 Å². The number of nitrogens with one attached hydrogen (secondary N) is 1. The number of aliphatic carboxylic acids is 1. The first-order valence-electron chi connectivity index (χ1n) is 9.06. The maximum absolute atomic E-state index is 12.1. The normalized spacial score (nSPS) is 16.8. The number of benzene rings is 1. The fourth-order valence-corrected chi connectivity index (χ4v) is 3.15. The van der Waals surface area contributed by atoms with E-state index >= 15 is 0 Å². The molecule has 1 aromatic carbocycles. The molecule has 0 spiro atoms. The summed E-state index contributed by atoms with van der Waals surface area (Å²) in [5, 5.41) is 12.3. The molecular weight excluding hydrogens is 330 g/mol. The molecule has 1 aliphatic rings. The monoisotopic (exact) mass is 359 g/mol. The third-order valence-corrected chi connectivity index (χ3v) is 4.55. The van der Waals surface area contributed by atoms with Crippen LogP contribution in [0.4, 0.5) is 0 Å². The van der Waals surface area contributed by atoms with E-state index in [9.17, 15) is 14.7 Å². The molecule has 6 heteroatoms. The first-order chi connectivity index (χ1) is 12.4. The molecule has 1 fully saturated rings. The van der Waals surface area contributed by atoms with Gasteiger partial charge in [-0.15, -0.1) is 0 Å². The number of hydrogen-bond donors (Lipinski definition) is 2. The minimum absolute atomic E-state index is 0.00808. The summed E-state index contributed by atoms with van der Waals surface area (Å²) in [6, 6.07) is 9.60. The Bertz CT molecular complexity index is 610. The fraction of sp³-hybridized carbons (Fsp3) is 0.500. The Morgan fingerprint density at radius 1 is 1.15 bits per heavy atom. The summed E-state index contributed by atoms with van der Waals surface area (Å²) >= 11 is 0. The number of carbonyl (C=O) groups excluding carboxylic acids is 1. The summed E-state index contributed by atoms with van der Waals surface area (Å²) in [4.78, 5) is 28.2. The lowest BCUT2D eigenvalue weighted by Gasteiger charge is -2.35. The van der Waals surface area contributed by atoms with Gasteiger partial charge in [-0.2, -0.15) is 0 Å². The van der Waals surface area contributed by atoms with Gasteiger partial charge in [0.1, 0.15) is 0 Å². The van der Waals surface area contributed by atoms with Crippen molar-refractivity contribution in [3.63, 3.8) is 0 Å². The summed E-state index contributed by atoms with van der Waals surface area (Å²) < 4.78 is 0.